The van der Waals surface area contributed by atoms with Crippen molar-refractivity contribution in [1.82, 2.24) is 10.2 Å². The molecule has 2 N–H and O–H groups in total. The lowest BCUT2D eigenvalue weighted by atomic mass is 10.5. The molecular weight excluding hydrogens is 132 g/mol. The van der Waals surface area contributed by atoms with Gasteiger partial charge in [0.25, 0.3) is 0 Å². The molecule has 0 aliphatic carbocycles. The van der Waals surface area contributed by atoms with Crippen LogP contribution in [0.1, 0.15) is 6.92 Å². The molecule has 0 saturated carbocycles. The highest BCUT2D eigenvalue weighted by Crippen LogP contribution is 1.76. The summed E-state index contributed by atoms with van der Waals surface area (Å²) >= 11 is 0. The monoisotopic (exact) mass is 146 g/mol. The maximum absolute atomic E-state index is 10.8. The number of nitrogens with zero attached hydrogens (tertiary/aromatic N) is 1. The van der Waals surface area contributed by atoms with Crippen LogP contribution >= 0.6 is 0 Å². The van der Waals surface area contributed by atoms with Gasteiger partial charge >= 0.3 is 0 Å². The predicted molar refractivity (Wildman–Crippen MR) is 38.4 cm³/mol. The van der Waals surface area contributed by atoms with E-state index in [0.29, 0.717) is 6.54 Å². The number of aliphatic hydroxyl groups excluding tert-OH is 1. The van der Waals surface area contributed by atoms with E-state index in [1.165, 1.54) is 6.92 Å². The Morgan fingerprint density at radius 2 is 2.20 bits per heavy atom. The van der Waals surface area contributed by atoms with Gasteiger partial charge in [0.15, 0.2) is 0 Å². The normalized spacial score (nSPS) is 13.3. The molecule has 0 rings (SSSR count). The van der Waals surface area contributed by atoms with Crippen molar-refractivity contribution in [3.8, 4) is 0 Å². The largest absolute Gasteiger partial charge is 0.374 e. The standard InChI is InChI=1S/C6H14N2O2/c1-5(9)7-6(10)4-8(2)3/h5,9H,4H2,1-3H3,(H,7,10). The molecule has 0 radical (unpaired) electrons. The molecule has 1 amide bonds. The molecule has 0 aromatic rings. The van der Waals surface area contributed by atoms with Gasteiger partial charge in [-0.15, -0.1) is 0 Å². The number of carbonyl (C=O) groups is 1. The summed E-state index contributed by atoms with van der Waals surface area (Å²) in [4.78, 5) is 12.5. The molecule has 1 atom stereocenters. The van der Waals surface area contributed by atoms with Gasteiger partial charge in [-0.2, -0.15) is 0 Å². The van der Waals surface area contributed by atoms with E-state index in [-0.39, 0.29) is 5.91 Å². The van der Waals surface area contributed by atoms with Crippen LogP contribution in [0.15, 0.2) is 0 Å². The van der Waals surface area contributed by atoms with Gasteiger partial charge < -0.3 is 15.3 Å². The van der Waals surface area contributed by atoms with Gasteiger partial charge in [0, 0.05) is 0 Å². The summed E-state index contributed by atoms with van der Waals surface area (Å²) in [6.45, 7) is 1.82. The summed E-state index contributed by atoms with van der Waals surface area (Å²) in [5.41, 5.74) is 0. The average Bonchev–Trinajstić information content (AvgIpc) is 1.58. The molecule has 0 saturated heterocycles. The highest BCUT2D eigenvalue weighted by molar-refractivity contribution is 5.78. The quantitative estimate of drug-likeness (QED) is 0.502. The lowest BCUT2D eigenvalue weighted by molar-refractivity contribution is -0.124. The van der Waals surface area contributed by atoms with E-state index in [4.69, 9.17) is 5.11 Å². The van der Waals surface area contributed by atoms with Crippen LogP contribution in [0.3, 0.4) is 0 Å². The second-order valence-corrected chi connectivity index (χ2v) is 2.48. The van der Waals surface area contributed by atoms with E-state index in [1.54, 1.807) is 19.0 Å². The third-order valence-corrected chi connectivity index (χ3v) is 0.830. The SMILES string of the molecule is CC(O)NC(=O)CN(C)C. The van der Waals surface area contributed by atoms with Gasteiger partial charge in [0.1, 0.15) is 6.23 Å². The molecule has 4 heteroatoms. The van der Waals surface area contributed by atoms with Crippen LogP contribution in [0.4, 0.5) is 0 Å². The van der Waals surface area contributed by atoms with Crippen molar-refractivity contribution in [2.24, 2.45) is 0 Å². The Balaban J connectivity index is 3.44. The molecule has 1 unspecified atom stereocenters. The van der Waals surface area contributed by atoms with E-state index in [1.807, 2.05) is 0 Å². The maximum atomic E-state index is 10.8. The first-order chi connectivity index (χ1) is 4.52. The summed E-state index contributed by atoms with van der Waals surface area (Å²) < 4.78 is 0. The third kappa shape index (κ3) is 5.53. The first kappa shape index (κ1) is 9.39. The molecule has 0 aromatic heterocycles. The van der Waals surface area contributed by atoms with Crippen molar-refractivity contribution in [2.75, 3.05) is 20.6 Å². The van der Waals surface area contributed by atoms with Crippen LogP contribution in [0.5, 0.6) is 0 Å². The fourth-order valence-corrected chi connectivity index (χ4v) is 0.566. The minimum absolute atomic E-state index is 0.167. The lowest BCUT2D eigenvalue weighted by Crippen LogP contribution is -2.38. The zero-order chi connectivity index (χ0) is 8.15. The summed E-state index contributed by atoms with van der Waals surface area (Å²) in [6, 6.07) is 0. The molecular formula is C6H14N2O2. The molecule has 4 nitrogen and oxygen atoms in total. The molecule has 0 fully saturated rings. The Morgan fingerprint density at radius 1 is 1.70 bits per heavy atom. The fraction of sp³-hybridized carbons (Fsp3) is 0.833. The number of nitrogens with one attached hydrogen (secondary N) is 1. The zero-order valence-corrected chi connectivity index (χ0v) is 6.59. The molecule has 0 heterocycles. The van der Waals surface area contributed by atoms with Gasteiger partial charge in [-0.25, -0.2) is 0 Å². The van der Waals surface area contributed by atoms with E-state index < -0.39 is 6.23 Å². The van der Waals surface area contributed by atoms with Crippen LogP contribution in [0.2, 0.25) is 0 Å². The Morgan fingerprint density at radius 3 is 2.50 bits per heavy atom. The summed E-state index contributed by atoms with van der Waals surface area (Å²) in [5, 5.41) is 11.0. The number of hydrogen-bond acceptors (Lipinski definition) is 3. The second kappa shape index (κ2) is 4.24. The maximum Gasteiger partial charge on any atom is 0.236 e. The number of aliphatic hydroxyl groups is 1. The summed E-state index contributed by atoms with van der Waals surface area (Å²) in [5.74, 6) is -0.167. The van der Waals surface area contributed by atoms with Crippen molar-refractivity contribution in [2.45, 2.75) is 13.2 Å². The smallest absolute Gasteiger partial charge is 0.236 e. The Kier molecular flexibility index (Phi) is 3.99. The minimum atomic E-state index is -0.757. The first-order valence-electron chi connectivity index (χ1n) is 3.14. The van der Waals surface area contributed by atoms with Crippen molar-refractivity contribution in [3.05, 3.63) is 0 Å². The summed E-state index contributed by atoms with van der Waals surface area (Å²) in [7, 11) is 3.59. The number of carbonyl (C=O) groups excluding carboxylic acids is 1. The van der Waals surface area contributed by atoms with Gasteiger partial charge in [-0.05, 0) is 21.0 Å². The van der Waals surface area contributed by atoms with Crippen LogP contribution in [0.25, 0.3) is 0 Å². The Bertz CT molecular complexity index is 100. The van der Waals surface area contributed by atoms with Crippen LogP contribution in [-0.2, 0) is 4.79 Å². The van der Waals surface area contributed by atoms with Crippen molar-refractivity contribution in [3.63, 3.8) is 0 Å². The molecule has 60 valence electrons. The highest BCUT2D eigenvalue weighted by Gasteiger charge is 2.03. The molecule has 0 aromatic carbocycles. The second-order valence-electron chi connectivity index (χ2n) is 2.48. The molecule has 10 heavy (non-hydrogen) atoms. The van der Waals surface area contributed by atoms with Crippen molar-refractivity contribution >= 4 is 5.91 Å². The fourth-order valence-electron chi connectivity index (χ4n) is 0.566. The van der Waals surface area contributed by atoms with E-state index in [2.05, 4.69) is 5.32 Å². The van der Waals surface area contributed by atoms with Gasteiger partial charge in [-0.3, -0.25) is 4.79 Å². The topological polar surface area (TPSA) is 52.6 Å². The minimum Gasteiger partial charge on any atom is -0.374 e. The highest BCUT2D eigenvalue weighted by atomic mass is 16.3. The van der Waals surface area contributed by atoms with Gasteiger partial charge in [0.2, 0.25) is 5.91 Å². The van der Waals surface area contributed by atoms with Crippen LogP contribution in [-0.4, -0.2) is 42.8 Å². The number of rotatable bonds is 3. The van der Waals surface area contributed by atoms with E-state index in [9.17, 15) is 4.79 Å². The van der Waals surface area contributed by atoms with Gasteiger partial charge in [0.05, 0.1) is 6.54 Å². The van der Waals surface area contributed by atoms with Gasteiger partial charge in [-0.1, -0.05) is 0 Å². The predicted octanol–water partition coefficient (Wildman–Crippen LogP) is -0.997. The molecule has 0 aliphatic heterocycles. The van der Waals surface area contributed by atoms with E-state index >= 15 is 0 Å². The zero-order valence-electron chi connectivity index (χ0n) is 6.59. The van der Waals surface area contributed by atoms with Crippen LogP contribution < -0.4 is 5.32 Å². The Hall–Kier alpha value is -0.610. The van der Waals surface area contributed by atoms with E-state index in [0.717, 1.165) is 0 Å². The summed E-state index contributed by atoms with van der Waals surface area (Å²) in [6.07, 6.45) is -0.757. The third-order valence-electron chi connectivity index (χ3n) is 0.830. The molecule has 0 aliphatic rings. The molecule has 0 spiro atoms. The lowest BCUT2D eigenvalue weighted by Gasteiger charge is -2.11. The van der Waals surface area contributed by atoms with Crippen molar-refractivity contribution < 1.29 is 9.90 Å². The van der Waals surface area contributed by atoms with Crippen molar-refractivity contribution in [1.29, 1.82) is 0 Å². The number of amides is 1. The van der Waals surface area contributed by atoms with Crippen LogP contribution in [0, 0.1) is 0 Å². The Labute approximate surface area is 60.8 Å². The molecule has 0 bridgehead atoms. The first-order valence-corrected chi connectivity index (χ1v) is 3.14. The number of hydrogen-bond donors (Lipinski definition) is 2. The average molecular weight is 146 g/mol. The number of likely N-dealkylation sites (N-methyl/N-ethyl adjacent to an activating group) is 1.